The summed E-state index contributed by atoms with van der Waals surface area (Å²) in [5.41, 5.74) is 10.4. The first kappa shape index (κ1) is 10.9. The molecular weight excluding hydrogens is 198 g/mol. The Morgan fingerprint density at radius 1 is 1.25 bits per heavy atom. The third kappa shape index (κ3) is 1.74. The summed E-state index contributed by atoms with van der Waals surface area (Å²) in [7, 11) is 0. The van der Waals surface area contributed by atoms with Gasteiger partial charge in [-0.25, -0.2) is 4.68 Å². The van der Waals surface area contributed by atoms with Gasteiger partial charge < -0.3 is 5.73 Å². The smallest absolute Gasteiger partial charge is 0.0677 e. The molecule has 1 aromatic carbocycles. The molecule has 3 heteroatoms. The molecule has 2 N–H and O–H groups in total. The van der Waals surface area contributed by atoms with Crippen LogP contribution in [0.3, 0.4) is 0 Å². The molecule has 1 aromatic heterocycles. The van der Waals surface area contributed by atoms with E-state index in [4.69, 9.17) is 5.73 Å². The minimum atomic E-state index is 0.0257. The summed E-state index contributed by atoms with van der Waals surface area (Å²) in [5, 5.41) is 4.40. The second-order valence-electron chi connectivity index (χ2n) is 4.17. The average molecular weight is 215 g/mol. The third-order valence-electron chi connectivity index (χ3n) is 2.88. The number of aryl methyl sites for hydroxylation is 1. The van der Waals surface area contributed by atoms with Gasteiger partial charge in [-0.3, -0.25) is 0 Å². The van der Waals surface area contributed by atoms with Gasteiger partial charge in [0.2, 0.25) is 0 Å². The van der Waals surface area contributed by atoms with Crippen molar-refractivity contribution in [2.75, 3.05) is 0 Å². The lowest BCUT2D eigenvalue weighted by atomic mass is 10.1. The Morgan fingerprint density at radius 3 is 2.50 bits per heavy atom. The maximum atomic E-state index is 5.89. The zero-order chi connectivity index (χ0) is 11.7. The van der Waals surface area contributed by atoms with Crippen LogP contribution in [0.2, 0.25) is 0 Å². The fraction of sp³-hybridized carbons (Fsp3) is 0.308. The Hall–Kier alpha value is -1.61. The molecular formula is C13H17N3. The number of hydrogen-bond donors (Lipinski definition) is 1. The molecule has 0 radical (unpaired) electrons. The predicted molar refractivity (Wildman–Crippen MR) is 65.6 cm³/mol. The number of aromatic nitrogens is 2. The SMILES string of the molecule is Cc1ccccc1-n1ncc(C(C)N)c1C. The van der Waals surface area contributed by atoms with Gasteiger partial charge in [0.1, 0.15) is 0 Å². The quantitative estimate of drug-likeness (QED) is 0.836. The normalized spacial score (nSPS) is 12.8. The van der Waals surface area contributed by atoms with Gasteiger partial charge in [-0.05, 0) is 32.4 Å². The van der Waals surface area contributed by atoms with Crippen molar-refractivity contribution in [3.8, 4) is 5.69 Å². The summed E-state index contributed by atoms with van der Waals surface area (Å²) < 4.78 is 1.95. The average Bonchev–Trinajstić information content (AvgIpc) is 2.61. The van der Waals surface area contributed by atoms with E-state index in [0.29, 0.717) is 0 Å². The zero-order valence-electron chi connectivity index (χ0n) is 9.94. The molecule has 16 heavy (non-hydrogen) atoms. The van der Waals surface area contributed by atoms with E-state index in [9.17, 15) is 0 Å². The molecule has 1 heterocycles. The summed E-state index contributed by atoms with van der Waals surface area (Å²) in [6.07, 6.45) is 1.85. The van der Waals surface area contributed by atoms with E-state index in [-0.39, 0.29) is 6.04 Å². The zero-order valence-corrected chi connectivity index (χ0v) is 9.94. The Labute approximate surface area is 95.9 Å². The largest absolute Gasteiger partial charge is 0.324 e. The topological polar surface area (TPSA) is 43.8 Å². The lowest BCUT2D eigenvalue weighted by Crippen LogP contribution is -2.07. The summed E-state index contributed by atoms with van der Waals surface area (Å²) in [6, 6.07) is 8.24. The van der Waals surface area contributed by atoms with Crippen molar-refractivity contribution < 1.29 is 0 Å². The molecule has 0 spiro atoms. The van der Waals surface area contributed by atoms with Crippen LogP contribution in [0.1, 0.15) is 29.8 Å². The second-order valence-corrected chi connectivity index (χ2v) is 4.17. The molecule has 0 aliphatic carbocycles. The minimum Gasteiger partial charge on any atom is -0.324 e. The summed E-state index contributed by atoms with van der Waals surface area (Å²) in [5.74, 6) is 0. The Morgan fingerprint density at radius 2 is 1.94 bits per heavy atom. The van der Waals surface area contributed by atoms with E-state index in [1.54, 1.807) is 0 Å². The van der Waals surface area contributed by atoms with E-state index in [1.165, 1.54) is 5.56 Å². The first-order chi connectivity index (χ1) is 7.61. The number of nitrogens with zero attached hydrogens (tertiary/aromatic N) is 2. The molecule has 0 amide bonds. The lowest BCUT2D eigenvalue weighted by Gasteiger charge is -2.09. The number of benzene rings is 1. The lowest BCUT2D eigenvalue weighted by molar-refractivity contribution is 0.795. The van der Waals surface area contributed by atoms with Crippen molar-refractivity contribution in [2.24, 2.45) is 5.73 Å². The Balaban J connectivity index is 2.54. The van der Waals surface area contributed by atoms with Crippen LogP contribution in [0.25, 0.3) is 5.69 Å². The Kier molecular flexibility index (Phi) is 2.79. The third-order valence-corrected chi connectivity index (χ3v) is 2.88. The fourth-order valence-corrected chi connectivity index (χ4v) is 1.91. The van der Waals surface area contributed by atoms with Crippen LogP contribution < -0.4 is 5.73 Å². The van der Waals surface area contributed by atoms with Crippen molar-refractivity contribution in [1.82, 2.24) is 9.78 Å². The highest BCUT2D eigenvalue weighted by molar-refractivity contribution is 5.41. The summed E-state index contributed by atoms with van der Waals surface area (Å²) in [4.78, 5) is 0. The summed E-state index contributed by atoms with van der Waals surface area (Å²) >= 11 is 0. The van der Waals surface area contributed by atoms with Crippen molar-refractivity contribution in [2.45, 2.75) is 26.8 Å². The van der Waals surface area contributed by atoms with Gasteiger partial charge in [0, 0.05) is 17.3 Å². The second kappa shape index (κ2) is 4.10. The van der Waals surface area contributed by atoms with E-state index < -0.39 is 0 Å². The van der Waals surface area contributed by atoms with Crippen molar-refractivity contribution in [3.63, 3.8) is 0 Å². The van der Waals surface area contributed by atoms with Crippen LogP contribution >= 0.6 is 0 Å². The van der Waals surface area contributed by atoms with Crippen LogP contribution in [0.5, 0.6) is 0 Å². The van der Waals surface area contributed by atoms with E-state index in [1.807, 2.05) is 29.9 Å². The number of para-hydroxylation sites is 1. The Bertz CT molecular complexity index is 498. The van der Waals surface area contributed by atoms with Gasteiger partial charge in [0.25, 0.3) is 0 Å². The summed E-state index contributed by atoms with van der Waals surface area (Å²) in [6.45, 7) is 6.12. The molecule has 0 saturated carbocycles. The highest BCUT2D eigenvalue weighted by atomic mass is 15.3. The molecule has 2 aromatic rings. The predicted octanol–water partition coefficient (Wildman–Crippen LogP) is 2.51. The van der Waals surface area contributed by atoms with Gasteiger partial charge in [-0.2, -0.15) is 5.10 Å². The van der Waals surface area contributed by atoms with Crippen LogP contribution in [-0.4, -0.2) is 9.78 Å². The van der Waals surface area contributed by atoms with Crippen LogP contribution in [0.15, 0.2) is 30.5 Å². The van der Waals surface area contributed by atoms with Gasteiger partial charge in [0.05, 0.1) is 11.9 Å². The van der Waals surface area contributed by atoms with E-state index >= 15 is 0 Å². The molecule has 84 valence electrons. The monoisotopic (exact) mass is 215 g/mol. The van der Waals surface area contributed by atoms with Crippen molar-refractivity contribution in [3.05, 3.63) is 47.3 Å². The molecule has 3 nitrogen and oxygen atoms in total. The minimum absolute atomic E-state index is 0.0257. The first-order valence-electron chi connectivity index (χ1n) is 5.47. The number of rotatable bonds is 2. The van der Waals surface area contributed by atoms with Crippen LogP contribution in [0.4, 0.5) is 0 Å². The van der Waals surface area contributed by atoms with Gasteiger partial charge >= 0.3 is 0 Å². The van der Waals surface area contributed by atoms with E-state index in [0.717, 1.165) is 16.9 Å². The number of hydrogen-bond acceptors (Lipinski definition) is 2. The highest BCUT2D eigenvalue weighted by Crippen LogP contribution is 2.20. The molecule has 2 rings (SSSR count). The van der Waals surface area contributed by atoms with Crippen LogP contribution in [0, 0.1) is 13.8 Å². The van der Waals surface area contributed by atoms with Crippen molar-refractivity contribution in [1.29, 1.82) is 0 Å². The molecule has 0 fully saturated rings. The van der Waals surface area contributed by atoms with Crippen molar-refractivity contribution >= 4 is 0 Å². The van der Waals surface area contributed by atoms with Gasteiger partial charge in [-0.15, -0.1) is 0 Å². The van der Waals surface area contributed by atoms with Gasteiger partial charge in [-0.1, -0.05) is 18.2 Å². The molecule has 0 aliphatic heterocycles. The molecule has 0 aliphatic rings. The van der Waals surface area contributed by atoms with Gasteiger partial charge in [0.15, 0.2) is 0 Å². The maximum Gasteiger partial charge on any atom is 0.0677 e. The molecule has 1 atom stereocenters. The standard InChI is InChI=1S/C13H17N3/c1-9-6-4-5-7-13(9)16-11(3)12(8-15-16)10(2)14/h4-8,10H,14H2,1-3H3. The van der Waals surface area contributed by atoms with E-state index in [2.05, 4.69) is 31.1 Å². The molecule has 0 saturated heterocycles. The molecule has 1 unspecified atom stereocenters. The fourth-order valence-electron chi connectivity index (χ4n) is 1.91. The highest BCUT2D eigenvalue weighted by Gasteiger charge is 2.11. The maximum absolute atomic E-state index is 5.89. The molecule has 0 bridgehead atoms. The number of nitrogens with two attached hydrogens (primary N) is 1. The first-order valence-corrected chi connectivity index (χ1v) is 5.47. The van der Waals surface area contributed by atoms with Crippen LogP contribution in [-0.2, 0) is 0 Å².